The zero-order valence-electron chi connectivity index (χ0n) is 41.9. The Morgan fingerprint density at radius 2 is 1.15 bits per heavy atom. The molecule has 4 amide bonds. The summed E-state index contributed by atoms with van der Waals surface area (Å²) in [5, 5.41) is 14.6. The van der Waals surface area contributed by atoms with Crippen molar-refractivity contribution in [1.82, 2.24) is 40.4 Å². The fraction of sp³-hybridized carbons (Fsp3) is 0.538. The fourth-order valence-electron chi connectivity index (χ4n) is 11.4. The Hall–Kier alpha value is -6.54. The molecule has 4 aliphatic rings. The highest BCUT2D eigenvalue weighted by molar-refractivity contribution is 5.87. The number of fused-ring (bicyclic) bond motifs is 2. The topological polar surface area (TPSA) is 211 Å². The lowest BCUT2D eigenvalue weighted by molar-refractivity contribution is -0.136. The number of aromatic amines is 2. The van der Waals surface area contributed by atoms with Crippen LogP contribution in [0.5, 0.6) is 0 Å². The van der Waals surface area contributed by atoms with Gasteiger partial charge in [0.1, 0.15) is 29.4 Å². The average Bonchev–Trinajstić information content (AvgIpc) is 4.22. The Morgan fingerprint density at radius 1 is 0.681 bits per heavy atom. The molecule has 18 nitrogen and oxygen atoms in total. The van der Waals surface area contributed by atoms with Gasteiger partial charge in [-0.3, -0.25) is 9.59 Å². The van der Waals surface area contributed by atoms with Crippen molar-refractivity contribution in [3.05, 3.63) is 82.9 Å². The highest BCUT2D eigenvalue weighted by Gasteiger charge is 2.44. The molecule has 9 rings (SSSR count). The molecule has 4 fully saturated rings. The van der Waals surface area contributed by atoms with Gasteiger partial charge in [-0.2, -0.15) is 0 Å². The lowest BCUT2D eigenvalue weighted by Gasteiger charge is -2.35. The molecule has 0 aliphatic carbocycles. The van der Waals surface area contributed by atoms with E-state index in [9.17, 15) is 24.3 Å². The molecule has 3 aromatic carbocycles. The number of H-pyrrole nitrogens is 2. The first-order valence-corrected chi connectivity index (χ1v) is 25.1. The number of hydrogen-bond donors (Lipinski definition) is 5. The number of hydrogen-bond acceptors (Lipinski definition) is 11. The Morgan fingerprint density at radius 3 is 1.58 bits per heavy atom. The molecule has 0 saturated carbocycles. The lowest BCUT2D eigenvalue weighted by Crippen LogP contribution is -2.51. The average molecular weight is 997 g/mol. The summed E-state index contributed by atoms with van der Waals surface area (Å²) >= 11 is 0. The van der Waals surface area contributed by atoms with E-state index in [2.05, 4.69) is 25.5 Å². The number of ether oxygens (including phenoxy) is 3. The maximum absolute atomic E-state index is 16.5. The number of imidazole rings is 2. The maximum atomic E-state index is 16.5. The van der Waals surface area contributed by atoms with Crippen LogP contribution in [0.2, 0.25) is 0 Å². The minimum atomic E-state index is -1.28. The van der Waals surface area contributed by atoms with Gasteiger partial charge in [-0.05, 0) is 91.5 Å². The summed E-state index contributed by atoms with van der Waals surface area (Å²) in [6, 6.07) is 11.3. The van der Waals surface area contributed by atoms with Crippen LogP contribution in [-0.2, 0) is 23.8 Å². The molecule has 2 aromatic heterocycles. The summed E-state index contributed by atoms with van der Waals surface area (Å²) in [5.41, 5.74) is 4.97. The number of anilines is 2. The van der Waals surface area contributed by atoms with Crippen molar-refractivity contribution in [3.63, 3.8) is 0 Å². The van der Waals surface area contributed by atoms with Crippen molar-refractivity contribution in [2.45, 2.75) is 121 Å². The lowest BCUT2D eigenvalue weighted by atomic mass is 10.0. The normalized spacial score (nSPS) is 23.4. The number of nitrogens with zero attached hydrogens (tertiary/aromatic N) is 6. The van der Waals surface area contributed by atoms with E-state index in [1.807, 2.05) is 50.2 Å². The number of methoxy groups -OCH3 is 3. The Bertz CT molecular complexity index is 2790. The van der Waals surface area contributed by atoms with Gasteiger partial charge in [0.2, 0.25) is 11.8 Å². The van der Waals surface area contributed by atoms with Crippen LogP contribution < -0.4 is 20.4 Å². The number of amides is 4. The fourth-order valence-corrected chi connectivity index (χ4v) is 11.4. The van der Waals surface area contributed by atoms with Crippen LogP contribution in [0, 0.1) is 23.5 Å². The van der Waals surface area contributed by atoms with Gasteiger partial charge in [-0.25, -0.2) is 28.3 Å². The largest absolute Gasteiger partial charge is 0.465 e. The molecular formula is C52H66F2N10O8. The van der Waals surface area contributed by atoms with Crippen molar-refractivity contribution in [2.75, 3.05) is 57.3 Å². The second-order valence-electron chi connectivity index (χ2n) is 20.3. The number of carbonyl (C=O) groups is 4. The first-order chi connectivity index (χ1) is 34.6. The predicted molar refractivity (Wildman–Crippen MR) is 265 cm³/mol. The molecule has 386 valence electrons. The van der Waals surface area contributed by atoms with Crippen LogP contribution in [0.15, 0.2) is 48.5 Å². The molecule has 6 heterocycles. The summed E-state index contributed by atoms with van der Waals surface area (Å²) in [4.78, 5) is 76.2. The second-order valence-corrected chi connectivity index (χ2v) is 20.3. The van der Waals surface area contributed by atoms with Crippen molar-refractivity contribution in [2.24, 2.45) is 11.8 Å². The van der Waals surface area contributed by atoms with Crippen LogP contribution in [0.1, 0.15) is 120 Å². The number of piperidine rings is 1. The molecule has 4 aliphatic heterocycles. The molecule has 20 heteroatoms. The minimum absolute atomic E-state index is 0.00638. The van der Waals surface area contributed by atoms with Crippen LogP contribution in [-0.4, -0.2) is 131 Å². The van der Waals surface area contributed by atoms with E-state index in [0.29, 0.717) is 79.2 Å². The number of nitrogens with one attached hydrogen (secondary N) is 4. The molecule has 5 aromatic rings. The van der Waals surface area contributed by atoms with Gasteiger partial charge in [0.05, 0.1) is 65.6 Å². The van der Waals surface area contributed by atoms with E-state index in [1.165, 1.54) is 19.2 Å². The zero-order chi connectivity index (χ0) is 51.1. The van der Waals surface area contributed by atoms with Gasteiger partial charge in [-0.15, -0.1) is 0 Å². The Kier molecular flexibility index (Phi) is 14.6. The smallest absolute Gasteiger partial charge is 0.407 e. The zero-order valence-corrected chi connectivity index (χ0v) is 41.9. The molecule has 0 bridgehead atoms. The number of carboxylic acid groups (broad SMARTS) is 1. The van der Waals surface area contributed by atoms with Gasteiger partial charge in [0, 0.05) is 58.9 Å². The van der Waals surface area contributed by atoms with Crippen molar-refractivity contribution < 1.29 is 47.3 Å². The number of aromatic nitrogens is 4. The summed E-state index contributed by atoms with van der Waals surface area (Å²) in [7, 11) is 4.45. The van der Waals surface area contributed by atoms with Gasteiger partial charge in [-0.1, -0.05) is 39.8 Å². The number of likely N-dealkylation sites (tertiary alicyclic amines) is 2. The summed E-state index contributed by atoms with van der Waals surface area (Å²) < 4.78 is 49.2. The van der Waals surface area contributed by atoms with Crippen LogP contribution in [0.4, 0.5) is 29.7 Å². The predicted octanol–water partition coefficient (Wildman–Crippen LogP) is 8.04. The monoisotopic (exact) mass is 997 g/mol. The molecule has 0 unspecified atom stereocenters. The molecule has 72 heavy (non-hydrogen) atoms. The van der Waals surface area contributed by atoms with Crippen molar-refractivity contribution in [3.8, 4) is 0 Å². The highest BCUT2D eigenvalue weighted by atomic mass is 19.1. The van der Waals surface area contributed by atoms with Gasteiger partial charge in [0.25, 0.3) is 0 Å². The molecule has 4 saturated heterocycles. The summed E-state index contributed by atoms with van der Waals surface area (Å²) in [6.07, 6.45) is 2.43. The number of benzene rings is 3. The van der Waals surface area contributed by atoms with Crippen LogP contribution in [0.25, 0.3) is 22.1 Å². The van der Waals surface area contributed by atoms with Gasteiger partial charge < -0.3 is 59.5 Å². The summed E-state index contributed by atoms with van der Waals surface area (Å²) in [5.74, 6) is -1.29. The molecule has 0 spiro atoms. The highest BCUT2D eigenvalue weighted by Crippen LogP contribution is 2.49. The van der Waals surface area contributed by atoms with E-state index >= 15 is 8.78 Å². The van der Waals surface area contributed by atoms with E-state index in [4.69, 9.17) is 24.2 Å². The third kappa shape index (κ3) is 9.86. The first kappa shape index (κ1) is 50.4. The number of alkyl carbamates (subject to hydrolysis) is 1. The molecule has 5 N–H and O–H groups in total. The van der Waals surface area contributed by atoms with E-state index in [0.717, 1.165) is 35.9 Å². The van der Waals surface area contributed by atoms with Gasteiger partial charge in [0.15, 0.2) is 11.6 Å². The van der Waals surface area contributed by atoms with E-state index in [1.54, 1.807) is 42.8 Å². The van der Waals surface area contributed by atoms with Crippen LogP contribution in [0.3, 0.4) is 0 Å². The third-order valence-corrected chi connectivity index (χ3v) is 15.2. The van der Waals surface area contributed by atoms with E-state index < -0.39 is 48.0 Å². The second kappa shape index (κ2) is 20.9. The third-order valence-electron chi connectivity index (χ3n) is 15.2. The minimum Gasteiger partial charge on any atom is -0.465 e. The number of carbonyl (C=O) groups excluding carboxylic acids is 3. The Balaban J connectivity index is 1.06. The number of rotatable bonds is 14. The molecular weight excluding hydrogens is 931 g/mol. The quantitative estimate of drug-likeness (QED) is 0.0716. The van der Waals surface area contributed by atoms with Crippen LogP contribution >= 0.6 is 0 Å². The van der Waals surface area contributed by atoms with E-state index in [-0.39, 0.29) is 60.2 Å². The Labute approximate surface area is 417 Å². The van der Waals surface area contributed by atoms with Crippen molar-refractivity contribution >= 4 is 57.4 Å². The maximum Gasteiger partial charge on any atom is 0.407 e. The SMILES string of the molecule is COC(=O)N[C@H](C(=O)N1C[C@@H](OC)C[C@H]1c1nc2ccc([C@H]3CC[C@H](c4ccc5nc([C@@H]6C[C@H](OC)CN6C(=O)[C@@H](NC(=O)O)C(C)C)[nH]c5c4)N3c3cc(F)c(N4CCCCC4)c(F)c3)cc2[nH]1)C(C)C. The molecule has 0 radical (unpaired) electrons. The molecule has 8 atom stereocenters. The standard InChI is InChI=1S/C52H66F2N10O8/c1-27(2)44(59-51(67)68)49(65)62-25-32(70-5)23-42(62)47-55-36-13-11-29(19-38(36)57-47)40-15-16-41(64(40)31-21-34(53)46(35(54)22-31)61-17-9-8-10-18-61)30-12-14-37-39(20-30)58-48(56-37)43-24-33(71-6)26-63(43)50(66)45(28(3)4)60-52(69)72-7/h11-14,19-22,27-28,32-33,40-45,59H,8-10,15-18,23-26H2,1-7H3,(H,55,57)(H,56,58)(H,60,69)(H,67,68)/t32-,33-,40+,41+,42-,43-,44-,45-/m0/s1. The van der Waals surface area contributed by atoms with Gasteiger partial charge >= 0.3 is 12.2 Å². The first-order valence-electron chi connectivity index (χ1n) is 25.1. The van der Waals surface area contributed by atoms with Crippen molar-refractivity contribution in [1.29, 1.82) is 0 Å². The number of halogens is 2. The summed E-state index contributed by atoms with van der Waals surface area (Å²) in [6.45, 7) is 9.03.